The molecule has 0 aliphatic carbocycles. The fourth-order valence-corrected chi connectivity index (χ4v) is 3.70. The summed E-state index contributed by atoms with van der Waals surface area (Å²) in [6, 6.07) is 25.2. The molecule has 32 heavy (non-hydrogen) atoms. The average molecular weight is 426 g/mol. The molecule has 5 heteroatoms. The Hall–Kier alpha value is -3.99. The number of pyridine rings is 2. The van der Waals surface area contributed by atoms with Crippen LogP contribution in [0.2, 0.25) is 0 Å². The SMILES string of the molecule is FC(F)(F)c1ccc(-c2ccc3cc(-c4ccc(-c5cccnc5)cc4)cnc3c2)cc1. The summed E-state index contributed by atoms with van der Waals surface area (Å²) in [7, 11) is 0. The van der Waals surface area contributed by atoms with Gasteiger partial charge in [0.05, 0.1) is 11.1 Å². The van der Waals surface area contributed by atoms with Gasteiger partial charge in [-0.25, -0.2) is 0 Å². The van der Waals surface area contributed by atoms with Gasteiger partial charge in [0.25, 0.3) is 0 Å². The number of fused-ring (bicyclic) bond motifs is 1. The number of nitrogens with zero attached hydrogens (tertiary/aromatic N) is 2. The van der Waals surface area contributed by atoms with Crippen molar-refractivity contribution in [3.63, 3.8) is 0 Å². The Morgan fingerprint density at radius 1 is 0.562 bits per heavy atom. The molecular weight excluding hydrogens is 409 g/mol. The molecule has 5 aromatic rings. The van der Waals surface area contributed by atoms with Gasteiger partial charge >= 0.3 is 6.18 Å². The van der Waals surface area contributed by atoms with Crippen LogP contribution < -0.4 is 0 Å². The zero-order valence-corrected chi connectivity index (χ0v) is 16.8. The van der Waals surface area contributed by atoms with E-state index in [1.807, 2.05) is 42.7 Å². The lowest BCUT2D eigenvalue weighted by Crippen LogP contribution is -2.03. The summed E-state index contributed by atoms with van der Waals surface area (Å²) in [6.07, 6.45) is 1.07. The normalized spacial score (nSPS) is 11.6. The maximum Gasteiger partial charge on any atom is 0.416 e. The van der Waals surface area contributed by atoms with Crippen LogP contribution in [0.15, 0.2) is 104 Å². The van der Waals surface area contributed by atoms with Crippen LogP contribution in [0.4, 0.5) is 13.2 Å². The van der Waals surface area contributed by atoms with Crippen LogP contribution in [-0.4, -0.2) is 9.97 Å². The van der Waals surface area contributed by atoms with E-state index in [1.54, 1.807) is 6.20 Å². The number of rotatable bonds is 3. The Morgan fingerprint density at radius 2 is 1.19 bits per heavy atom. The molecule has 0 atom stereocenters. The van der Waals surface area contributed by atoms with Crippen molar-refractivity contribution in [2.24, 2.45) is 0 Å². The zero-order valence-electron chi connectivity index (χ0n) is 16.8. The molecule has 5 rings (SSSR count). The zero-order chi connectivity index (χ0) is 22.1. The second-order valence-corrected chi connectivity index (χ2v) is 7.53. The fraction of sp³-hybridized carbons (Fsp3) is 0.0370. The van der Waals surface area contributed by atoms with E-state index in [4.69, 9.17) is 0 Å². The van der Waals surface area contributed by atoms with E-state index in [0.717, 1.165) is 56.4 Å². The summed E-state index contributed by atoms with van der Waals surface area (Å²) in [6.45, 7) is 0. The van der Waals surface area contributed by atoms with Crippen LogP contribution in [0.1, 0.15) is 5.56 Å². The predicted octanol–water partition coefficient (Wildman–Crippen LogP) is 7.65. The van der Waals surface area contributed by atoms with Crippen molar-refractivity contribution < 1.29 is 13.2 Å². The van der Waals surface area contributed by atoms with Crippen LogP contribution in [0.25, 0.3) is 44.3 Å². The lowest BCUT2D eigenvalue weighted by atomic mass is 9.99. The van der Waals surface area contributed by atoms with Crippen LogP contribution in [0, 0.1) is 0 Å². The highest BCUT2D eigenvalue weighted by atomic mass is 19.4. The first kappa shape index (κ1) is 19.9. The molecule has 0 saturated heterocycles. The quantitative estimate of drug-likeness (QED) is 0.296. The van der Waals surface area contributed by atoms with Crippen molar-refractivity contribution in [2.45, 2.75) is 6.18 Å². The molecule has 0 fully saturated rings. The first-order valence-electron chi connectivity index (χ1n) is 10.1. The summed E-state index contributed by atoms with van der Waals surface area (Å²) >= 11 is 0. The molecule has 0 N–H and O–H groups in total. The lowest BCUT2D eigenvalue weighted by molar-refractivity contribution is -0.137. The number of benzene rings is 3. The maximum absolute atomic E-state index is 12.8. The Balaban J connectivity index is 1.43. The van der Waals surface area contributed by atoms with Crippen molar-refractivity contribution in [3.05, 3.63) is 109 Å². The highest BCUT2D eigenvalue weighted by Crippen LogP contribution is 2.32. The first-order valence-corrected chi connectivity index (χ1v) is 10.1. The van der Waals surface area contributed by atoms with Gasteiger partial charge in [0.1, 0.15) is 0 Å². The molecule has 2 nitrogen and oxygen atoms in total. The predicted molar refractivity (Wildman–Crippen MR) is 121 cm³/mol. The van der Waals surface area contributed by atoms with Gasteiger partial charge in [0.2, 0.25) is 0 Å². The number of hydrogen-bond donors (Lipinski definition) is 0. The molecule has 2 aromatic heterocycles. The van der Waals surface area contributed by atoms with Gasteiger partial charge in [-0.15, -0.1) is 0 Å². The molecule has 2 heterocycles. The van der Waals surface area contributed by atoms with Crippen molar-refractivity contribution in [3.8, 4) is 33.4 Å². The summed E-state index contributed by atoms with van der Waals surface area (Å²) in [5.74, 6) is 0. The van der Waals surface area contributed by atoms with Gasteiger partial charge in [-0.05, 0) is 58.1 Å². The first-order chi connectivity index (χ1) is 15.5. The lowest BCUT2D eigenvalue weighted by Gasteiger charge is -2.09. The minimum absolute atomic E-state index is 0.653. The Labute approximate surface area is 183 Å². The van der Waals surface area contributed by atoms with Crippen LogP contribution in [0.3, 0.4) is 0 Å². The number of alkyl halides is 3. The van der Waals surface area contributed by atoms with Gasteiger partial charge in [0, 0.05) is 29.5 Å². The Kier molecular flexibility index (Phi) is 4.94. The Bertz CT molecular complexity index is 1380. The fourth-order valence-electron chi connectivity index (χ4n) is 3.70. The van der Waals surface area contributed by atoms with Gasteiger partial charge in [-0.3, -0.25) is 9.97 Å². The number of aromatic nitrogens is 2. The molecule has 0 unspecified atom stereocenters. The standard InChI is InChI=1S/C27H17F3N2/c28-27(29,30)25-11-9-18(10-12-25)21-7-8-22-14-24(17-32-26(22)15-21)20-5-3-19(4-6-20)23-2-1-13-31-16-23/h1-17H. The third-order valence-corrected chi connectivity index (χ3v) is 5.44. The van der Waals surface area contributed by atoms with Crippen LogP contribution >= 0.6 is 0 Å². The van der Waals surface area contributed by atoms with Crippen molar-refractivity contribution in [1.82, 2.24) is 9.97 Å². The van der Waals surface area contributed by atoms with E-state index in [0.29, 0.717) is 0 Å². The summed E-state index contributed by atoms with van der Waals surface area (Å²) in [5, 5.41) is 0.967. The van der Waals surface area contributed by atoms with Gasteiger partial charge in [-0.2, -0.15) is 13.2 Å². The highest BCUT2D eigenvalue weighted by Gasteiger charge is 2.29. The average Bonchev–Trinajstić information content (AvgIpc) is 2.83. The second kappa shape index (κ2) is 7.93. The molecule has 0 amide bonds. The third-order valence-electron chi connectivity index (χ3n) is 5.44. The molecule has 3 aromatic carbocycles. The van der Waals surface area contributed by atoms with Crippen LogP contribution in [0.5, 0.6) is 0 Å². The molecule has 156 valence electrons. The van der Waals surface area contributed by atoms with Gasteiger partial charge < -0.3 is 0 Å². The number of hydrogen-bond acceptors (Lipinski definition) is 2. The van der Waals surface area contributed by atoms with Crippen molar-refractivity contribution in [2.75, 3.05) is 0 Å². The van der Waals surface area contributed by atoms with Crippen molar-refractivity contribution >= 4 is 10.9 Å². The smallest absolute Gasteiger partial charge is 0.264 e. The summed E-state index contributed by atoms with van der Waals surface area (Å²) < 4.78 is 38.4. The monoisotopic (exact) mass is 426 g/mol. The van der Waals surface area contributed by atoms with Gasteiger partial charge in [0.15, 0.2) is 0 Å². The molecule has 0 radical (unpaired) electrons. The van der Waals surface area contributed by atoms with E-state index in [9.17, 15) is 13.2 Å². The molecule has 0 spiro atoms. The topological polar surface area (TPSA) is 25.8 Å². The van der Waals surface area contributed by atoms with E-state index < -0.39 is 11.7 Å². The Morgan fingerprint density at radius 3 is 1.84 bits per heavy atom. The minimum atomic E-state index is -4.34. The molecule has 0 bridgehead atoms. The van der Waals surface area contributed by atoms with E-state index >= 15 is 0 Å². The van der Waals surface area contributed by atoms with Crippen LogP contribution in [-0.2, 0) is 6.18 Å². The maximum atomic E-state index is 12.8. The summed E-state index contributed by atoms with van der Waals surface area (Å²) in [4.78, 5) is 8.75. The largest absolute Gasteiger partial charge is 0.416 e. The molecular formula is C27H17F3N2. The van der Waals surface area contributed by atoms with E-state index in [1.165, 1.54) is 12.1 Å². The van der Waals surface area contributed by atoms with E-state index in [-0.39, 0.29) is 0 Å². The van der Waals surface area contributed by atoms with E-state index in [2.05, 4.69) is 40.3 Å². The van der Waals surface area contributed by atoms with Crippen molar-refractivity contribution in [1.29, 1.82) is 0 Å². The molecule has 0 aliphatic heterocycles. The van der Waals surface area contributed by atoms with Gasteiger partial charge in [-0.1, -0.05) is 54.6 Å². The highest BCUT2D eigenvalue weighted by molar-refractivity contribution is 5.87. The molecule has 0 saturated carbocycles. The number of halogens is 3. The molecule has 0 aliphatic rings. The minimum Gasteiger partial charge on any atom is -0.264 e. The summed E-state index contributed by atoms with van der Waals surface area (Å²) in [5.41, 5.74) is 5.89. The third kappa shape index (κ3) is 3.97. The second-order valence-electron chi connectivity index (χ2n) is 7.53.